The third-order valence-corrected chi connectivity index (χ3v) is 5.94. The van der Waals surface area contributed by atoms with E-state index >= 15 is 0 Å². The topological polar surface area (TPSA) is 58.1 Å². The Morgan fingerprint density at radius 1 is 1.24 bits per heavy atom. The SMILES string of the molecule is Cc1ccc(N2CCCC(NC(=O)c3ccc(C(C)(C)C)s3)C2)nn1. The lowest BCUT2D eigenvalue weighted by molar-refractivity contribution is 0.0937. The second-order valence-corrected chi connectivity index (χ2v) is 8.79. The maximum Gasteiger partial charge on any atom is 0.261 e. The van der Waals surface area contributed by atoms with Crippen molar-refractivity contribution in [3.05, 3.63) is 39.7 Å². The average Bonchev–Trinajstić information content (AvgIpc) is 3.06. The molecule has 0 bridgehead atoms. The Balaban J connectivity index is 1.63. The molecule has 1 fully saturated rings. The third-order valence-electron chi connectivity index (χ3n) is 4.43. The average molecular weight is 359 g/mol. The van der Waals surface area contributed by atoms with Crippen LogP contribution in [0.2, 0.25) is 0 Å². The predicted molar refractivity (Wildman–Crippen MR) is 102 cm³/mol. The second-order valence-electron chi connectivity index (χ2n) is 7.71. The van der Waals surface area contributed by atoms with Gasteiger partial charge in [-0.2, -0.15) is 5.10 Å². The number of nitrogens with zero attached hydrogens (tertiary/aromatic N) is 3. The van der Waals surface area contributed by atoms with E-state index in [-0.39, 0.29) is 17.4 Å². The highest BCUT2D eigenvalue weighted by Gasteiger charge is 2.24. The van der Waals surface area contributed by atoms with E-state index in [0.29, 0.717) is 0 Å². The van der Waals surface area contributed by atoms with Crippen LogP contribution in [0.3, 0.4) is 0 Å². The minimum absolute atomic E-state index is 0.0299. The molecule has 0 aromatic carbocycles. The number of carbonyl (C=O) groups is 1. The second kappa shape index (κ2) is 7.12. The molecule has 1 aliphatic rings. The molecule has 0 aliphatic carbocycles. The Bertz CT molecular complexity index is 733. The molecule has 2 aromatic heterocycles. The molecule has 1 atom stereocenters. The summed E-state index contributed by atoms with van der Waals surface area (Å²) in [4.78, 5) is 16.8. The molecule has 3 heterocycles. The number of anilines is 1. The largest absolute Gasteiger partial charge is 0.353 e. The molecule has 134 valence electrons. The molecule has 3 rings (SSSR count). The van der Waals surface area contributed by atoms with Crippen LogP contribution in [0.15, 0.2) is 24.3 Å². The molecular weight excluding hydrogens is 332 g/mol. The lowest BCUT2D eigenvalue weighted by Crippen LogP contribution is -2.48. The van der Waals surface area contributed by atoms with Gasteiger partial charge in [0.25, 0.3) is 5.91 Å². The first-order valence-electron chi connectivity index (χ1n) is 8.79. The van der Waals surface area contributed by atoms with Crippen LogP contribution in [0.25, 0.3) is 0 Å². The van der Waals surface area contributed by atoms with Crippen molar-refractivity contribution in [1.29, 1.82) is 0 Å². The van der Waals surface area contributed by atoms with Gasteiger partial charge in [-0.25, -0.2) is 0 Å². The summed E-state index contributed by atoms with van der Waals surface area (Å²) in [6, 6.07) is 8.12. The Labute approximate surface area is 153 Å². The number of piperidine rings is 1. The lowest BCUT2D eigenvalue weighted by Gasteiger charge is -2.33. The molecule has 1 aliphatic heterocycles. The number of thiophene rings is 1. The van der Waals surface area contributed by atoms with Gasteiger partial charge in [0.05, 0.1) is 10.6 Å². The quantitative estimate of drug-likeness (QED) is 0.912. The van der Waals surface area contributed by atoms with Crippen LogP contribution in [-0.4, -0.2) is 35.2 Å². The van der Waals surface area contributed by atoms with Gasteiger partial charge in [0.15, 0.2) is 5.82 Å². The van der Waals surface area contributed by atoms with E-state index < -0.39 is 0 Å². The van der Waals surface area contributed by atoms with Gasteiger partial charge in [0.2, 0.25) is 0 Å². The summed E-state index contributed by atoms with van der Waals surface area (Å²) in [6.07, 6.45) is 2.04. The van der Waals surface area contributed by atoms with E-state index in [2.05, 4.69) is 47.3 Å². The number of hydrogen-bond acceptors (Lipinski definition) is 5. The number of hydrogen-bond donors (Lipinski definition) is 1. The number of amides is 1. The summed E-state index contributed by atoms with van der Waals surface area (Å²) in [6.45, 7) is 10.2. The zero-order chi connectivity index (χ0) is 18.0. The first kappa shape index (κ1) is 17.9. The van der Waals surface area contributed by atoms with Gasteiger partial charge < -0.3 is 10.2 Å². The summed E-state index contributed by atoms with van der Waals surface area (Å²) in [7, 11) is 0. The van der Waals surface area contributed by atoms with E-state index in [1.165, 1.54) is 4.88 Å². The number of carbonyl (C=O) groups excluding carboxylic acids is 1. The molecule has 25 heavy (non-hydrogen) atoms. The van der Waals surface area contributed by atoms with Crippen LogP contribution in [0.5, 0.6) is 0 Å². The molecule has 2 aromatic rings. The van der Waals surface area contributed by atoms with E-state index in [1.807, 2.05) is 25.1 Å². The third kappa shape index (κ3) is 4.37. The van der Waals surface area contributed by atoms with Gasteiger partial charge in [0, 0.05) is 24.0 Å². The zero-order valence-corrected chi connectivity index (χ0v) is 16.2. The van der Waals surface area contributed by atoms with E-state index in [4.69, 9.17) is 0 Å². The highest BCUT2D eigenvalue weighted by atomic mass is 32.1. The maximum absolute atomic E-state index is 12.6. The van der Waals surface area contributed by atoms with E-state index in [9.17, 15) is 4.79 Å². The highest BCUT2D eigenvalue weighted by Crippen LogP contribution is 2.29. The first-order valence-corrected chi connectivity index (χ1v) is 9.61. The molecule has 1 unspecified atom stereocenters. The van der Waals surface area contributed by atoms with Gasteiger partial charge >= 0.3 is 0 Å². The summed E-state index contributed by atoms with van der Waals surface area (Å²) < 4.78 is 0. The number of aryl methyl sites for hydroxylation is 1. The van der Waals surface area contributed by atoms with Crippen molar-refractivity contribution in [2.75, 3.05) is 18.0 Å². The monoisotopic (exact) mass is 358 g/mol. The van der Waals surface area contributed by atoms with Crippen molar-refractivity contribution in [2.45, 2.75) is 52.0 Å². The van der Waals surface area contributed by atoms with Gasteiger partial charge in [0.1, 0.15) is 0 Å². The molecule has 5 nitrogen and oxygen atoms in total. The van der Waals surface area contributed by atoms with Crippen LogP contribution >= 0.6 is 11.3 Å². The van der Waals surface area contributed by atoms with Crippen molar-refractivity contribution < 1.29 is 4.79 Å². The zero-order valence-electron chi connectivity index (χ0n) is 15.4. The normalized spacial score (nSPS) is 18.2. The Morgan fingerprint density at radius 3 is 2.68 bits per heavy atom. The van der Waals surface area contributed by atoms with Crippen molar-refractivity contribution >= 4 is 23.1 Å². The minimum Gasteiger partial charge on any atom is -0.353 e. The van der Waals surface area contributed by atoms with Gasteiger partial charge in [-0.1, -0.05) is 20.8 Å². The molecule has 1 N–H and O–H groups in total. The molecule has 0 radical (unpaired) electrons. The molecule has 1 saturated heterocycles. The summed E-state index contributed by atoms with van der Waals surface area (Å²) in [5.74, 6) is 0.915. The molecule has 0 saturated carbocycles. The van der Waals surface area contributed by atoms with Gasteiger partial charge in [-0.15, -0.1) is 16.4 Å². The summed E-state index contributed by atoms with van der Waals surface area (Å²) >= 11 is 1.59. The van der Waals surface area contributed by atoms with E-state index in [0.717, 1.165) is 42.3 Å². The Morgan fingerprint density at radius 2 is 2.04 bits per heavy atom. The number of aromatic nitrogens is 2. The van der Waals surface area contributed by atoms with Crippen molar-refractivity contribution in [2.24, 2.45) is 0 Å². The van der Waals surface area contributed by atoms with Crippen LogP contribution in [0, 0.1) is 6.92 Å². The molecule has 0 spiro atoms. The van der Waals surface area contributed by atoms with Crippen LogP contribution < -0.4 is 10.2 Å². The van der Waals surface area contributed by atoms with Gasteiger partial charge in [-0.3, -0.25) is 4.79 Å². The fraction of sp³-hybridized carbons (Fsp3) is 0.526. The van der Waals surface area contributed by atoms with Crippen molar-refractivity contribution in [1.82, 2.24) is 15.5 Å². The maximum atomic E-state index is 12.6. The number of nitrogens with one attached hydrogen (secondary N) is 1. The molecule has 1 amide bonds. The fourth-order valence-corrected chi connectivity index (χ4v) is 3.95. The fourth-order valence-electron chi connectivity index (χ4n) is 2.98. The summed E-state index contributed by atoms with van der Waals surface area (Å²) in [5, 5.41) is 11.6. The Hall–Kier alpha value is -1.95. The van der Waals surface area contributed by atoms with Crippen LogP contribution in [0.1, 0.15) is 53.9 Å². The van der Waals surface area contributed by atoms with Crippen LogP contribution in [0.4, 0.5) is 5.82 Å². The predicted octanol–water partition coefficient (Wildman–Crippen LogP) is 3.54. The first-order chi connectivity index (χ1) is 11.8. The van der Waals surface area contributed by atoms with Crippen molar-refractivity contribution in [3.63, 3.8) is 0 Å². The van der Waals surface area contributed by atoms with Crippen LogP contribution in [-0.2, 0) is 5.41 Å². The standard InChI is InChI=1S/C19H26N4OS/c1-13-7-10-17(22-21-13)23-11-5-6-14(12-23)20-18(24)15-8-9-16(25-15)19(2,3)4/h7-10,14H,5-6,11-12H2,1-4H3,(H,20,24). The van der Waals surface area contributed by atoms with E-state index in [1.54, 1.807) is 11.3 Å². The molecule has 6 heteroatoms. The lowest BCUT2D eigenvalue weighted by atomic mass is 9.95. The number of rotatable bonds is 3. The highest BCUT2D eigenvalue weighted by molar-refractivity contribution is 7.14. The molecular formula is C19H26N4OS. The van der Waals surface area contributed by atoms with Gasteiger partial charge in [-0.05, 0) is 49.4 Å². The Kier molecular flexibility index (Phi) is 5.08. The minimum atomic E-state index is 0.0299. The van der Waals surface area contributed by atoms with Crippen molar-refractivity contribution in [3.8, 4) is 0 Å². The summed E-state index contributed by atoms with van der Waals surface area (Å²) in [5.41, 5.74) is 0.993. The smallest absolute Gasteiger partial charge is 0.261 e.